The summed E-state index contributed by atoms with van der Waals surface area (Å²) in [5.74, 6) is 1.20. The number of unbranched alkanes of at least 4 members (excludes halogenated alkanes) is 2. The molecule has 3 N–H and O–H groups in total. The van der Waals surface area contributed by atoms with Gasteiger partial charge in [-0.15, -0.1) is 0 Å². The van der Waals surface area contributed by atoms with E-state index in [4.69, 9.17) is 25.1 Å². The molecule has 0 spiro atoms. The maximum Gasteiger partial charge on any atom is 0.320 e. The van der Waals surface area contributed by atoms with Crippen LogP contribution in [0.3, 0.4) is 0 Å². The lowest BCUT2D eigenvalue weighted by Gasteiger charge is -2.24. The lowest BCUT2D eigenvalue weighted by atomic mass is 10.2. The number of anilines is 2. The maximum absolute atomic E-state index is 8.83. The predicted octanol–water partition coefficient (Wildman–Crippen LogP) is 2.73. The number of aliphatic hydroxyl groups is 1. The van der Waals surface area contributed by atoms with Crippen molar-refractivity contribution in [2.75, 3.05) is 44.3 Å². The second-order valence-corrected chi connectivity index (χ2v) is 6.82. The summed E-state index contributed by atoms with van der Waals surface area (Å²) in [5, 5.41) is 8.83. The van der Waals surface area contributed by atoms with E-state index in [1.165, 1.54) is 0 Å². The minimum atomic E-state index is 0.158. The fourth-order valence-electron chi connectivity index (χ4n) is 2.72. The molecule has 0 aliphatic rings. The van der Waals surface area contributed by atoms with E-state index in [-0.39, 0.29) is 25.2 Å². The van der Waals surface area contributed by atoms with Crippen LogP contribution < -0.4 is 20.1 Å². The van der Waals surface area contributed by atoms with Crippen LogP contribution in [0, 0.1) is 0 Å². The summed E-state index contributed by atoms with van der Waals surface area (Å²) < 4.78 is 16.6. The first-order valence-electron chi connectivity index (χ1n) is 10.3. The van der Waals surface area contributed by atoms with Crippen LogP contribution >= 0.6 is 0 Å². The molecule has 0 aliphatic heterocycles. The monoisotopic (exact) mass is 432 g/mol. The molecule has 2 aromatic rings. The van der Waals surface area contributed by atoms with Crippen LogP contribution in [-0.2, 0) is 11.3 Å². The second-order valence-electron chi connectivity index (χ2n) is 6.82. The number of hydrogen-bond acceptors (Lipinski definition) is 10. The molecule has 2 heterocycles. The van der Waals surface area contributed by atoms with Gasteiger partial charge < -0.3 is 30.0 Å². The van der Waals surface area contributed by atoms with Gasteiger partial charge in [0, 0.05) is 32.5 Å². The number of rotatable bonds is 15. The minimum absolute atomic E-state index is 0.158. The standard InChI is InChI=1S/C21H32N6O4/c1-4-5-11-31-21-25-19(22)18(23-2)20(26-21)27(15-29-3)14-16-8-9-17(24-13-16)30-12-7-6-10-28/h8-9,13,28H,2,4-7,10-12,14-15H2,1,3H3,(H2,22,25,26). The molecular weight excluding hydrogens is 400 g/mol. The van der Waals surface area contributed by atoms with Crippen LogP contribution in [0.15, 0.2) is 23.3 Å². The zero-order chi connectivity index (χ0) is 22.5. The fraction of sp³-hybridized carbons (Fsp3) is 0.524. The number of nitrogens with zero attached hydrogens (tertiary/aromatic N) is 5. The SMILES string of the molecule is C=Nc1c(N)nc(OCCCC)nc1N(COC)Cc1ccc(OCCCCO)nc1. The Hall–Kier alpha value is -2.98. The van der Waals surface area contributed by atoms with Crippen LogP contribution in [-0.4, -0.2) is 60.4 Å². The van der Waals surface area contributed by atoms with Gasteiger partial charge in [-0.05, 0) is 31.5 Å². The molecule has 0 aromatic carbocycles. The van der Waals surface area contributed by atoms with E-state index in [0.29, 0.717) is 43.6 Å². The third kappa shape index (κ3) is 7.65. The van der Waals surface area contributed by atoms with Crippen LogP contribution in [0.5, 0.6) is 11.9 Å². The molecule has 0 saturated heterocycles. The topological polar surface area (TPSA) is 128 Å². The van der Waals surface area contributed by atoms with Gasteiger partial charge in [0.05, 0.1) is 13.2 Å². The van der Waals surface area contributed by atoms with Gasteiger partial charge in [-0.2, -0.15) is 9.97 Å². The van der Waals surface area contributed by atoms with Gasteiger partial charge in [-0.1, -0.05) is 19.4 Å². The lowest BCUT2D eigenvalue weighted by molar-refractivity contribution is 0.195. The maximum atomic E-state index is 8.83. The Balaban J connectivity index is 2.17. The number of aliphatic imine (C=N–C) groups is 1. The molecule has 0 fully saturated rings. The highest BCUT2D eigenvalue weighted by atomic mass is 16.5. The summed E-state index contributed by atoms with van der Waals surface area (Å²) in [4.78, 5) is 18.9. The van der Waals surface area contributed by atoms with Crippen molar-refractivity contribution in [1.82, 2.24) is 15.0 Å². The molecule has 0 aliphatic carbocycles. The van der Waals surface area contributed by atoms with E-state index in [9.17, 15) is 0 Å². The van der Waals surface area contributed by atoms with Crippen LogP contribution in [0.25, 0.3) is 0 Å². The molecule has 0 atom stereocenters. The molecule has 0 saturated carbocycles. The number of aromatic nitrogens is 3. The molecule has 10 nitrogen and oxygen atoms in total. The predicted molar refractivity (Wildman–Crippen MR) is 120 cm³/mol. The van der Waals surface area contributed by atoms with Crippen LogP contribution in [0.2, 0.25) is 0 Å². The molecule has 31 heavy (non-hydrogen) atoms. The van der Waals surface area contributed by atoms with E-state index in [1.54, 1.807) is 19.4 Å². The van der Waals surface area contributed by atoms with Gasteiger partial charge in [0.2, 0.25) is 5.88 Å². The molecular formula is C21H32N6O4. The number of nitrogen functional groups attached to an aromatic ring is 1. The summed E-state index contributed by atoms with van der Waals surface area (Å²) in [6.45, 7) is 7.54. The molecule has 10 heteroatoms. The number of hydrogen-bond donors (Lipinski definition) is 2. The Kier molecular flexibility index (Phi) is 10.5. The lowest BCUT2D eigenvalue weighted by Crippen LogP contribution is -2.27. The zero-order valence-electron chi connectivity index (χ0n) is 18.3. The third-order valence-electron chi connectivity index (χ3n) is 4.32. The largest absolute Gasteiger partial charge is 0.478 e. The first-order valence-corrected chi connectivity index (χ1v) is 10.3. The van der Waals surface area contributed by atoms with Gasteiger partial charge in [-0.3, -0.25) is 4.99 Å². The summed E-state index contributed by atoms with van der Waals surface area (Å²) in [6.07, 6.45) is 5.10. The van der Waals surface area contributed by atoms with E-state index >= 15 is 0 Å². The van der Waals surface area contributed by atoms with Gasteiger partial charge in [0.1, 0.15) is 12.4 Å². The van der Waals surface area contributed by atoms with Crippen molar-refractivity contribution in [3.63, 3.8) is 0 Å². The fourth-order valence-corrected chi connectivity index (χ4v) is 2.72. The van der Waals surface area contributed by atoms with E-state index in [2.05, 4.69) is 33.6 Å². The number of pyridine rings is 1. The molecule has 0 unspecified atom stereocenters. The van der Waals surface area contributed by atoms with E-state index in [0.717, 1.165) is 24.8 Å². The smallest absolute Gasteiger partial charge is 0.320 e. The minimum Gasteiger partial charge on any atom is -0.478 e. The highest BCUT2D eigenvalue weighted by Gasteiger charge is 2.19. The first kappa shape index (κ1) is 24.3. The number of aliphatic hydroxyl groups excluding tert-OH is 1. The molecule has 0 bridgehead atoms. The van der Waals surface area contributed by atoms with Gasteiger partial charge in [0.25, 0.3) is 0 Å². The summed E-state index contributed by atoms with van der Waals surface area (Å²) in [7, 11) is 1.60. The summed E-state index contributed by atoms with van der Waals surface area (Å²) in [6, 6.07) is 3.92. The second kappa shape index (κ2) is 13.3. The Morgan fingerprint density at radius 1 is 1.16 bits per heavy atom. The average Bonchev–Trinajstić information content (AvgIpc) is 2.77. The molecule has 0 radical (unpaired) electrons. The molecule has 170 valence electrons. The Morgan fingerprint density at radius 3 is 2.61 bits per heavy atom. The summed E-state index contributed by atoms with van der Waals surface area (Å²) >= 11 is 0. The van der Waals surface area contributed by atoms with Crippen molar-refractivity contribution < 1.29 is 19.3 Å². The number of methoxy groups -OCH3 is 1. The number of nitrogens with two attached hydrogens (primary N) is 1. The Labute approximate surface area is 183 Å². The van der Waals surface area contributed by atoms with Crippen molar-refractivity contribution in [2.24, 2.45) is 4.99 Å². The van der Waals surface area contributed by atoms with Crippen molar-refractivity contribution in [2.45, 2.75) is 39.2 Å². The van der Waals surface area contributed by atoms with E-state index in [1.807, 2.05) is 11.0 Å². The van der Waals surface area contributed by atoms with Crippen molar-refractivity contribution in [1.29, 1.82) is 0 Å². The van der Waals surface area contributed by atoms with Crippen LogP contribution in [0.1, 0.15) is 38.2 Å². The summed E-state index contributed by atoms with van der Waals surface area (Å²) in [5.41, 5.74) is 7.36. The quantitative estimate of drug-likeness (QED) is 0.248. The third-order valence-corrected chi connectivity index (χ3v) is 4.32. The average molecular weight is 433 g/mol. The highest BCUT2D eigenvalue weighted by Crippen LogP contribution is 2.33. The van der Waals surface area contributed by atoms with Gasteiger partial charge in [-0.25, -0.2) is 4.98 Å². The first-order chi connectivity index (χ1) is 15.1. The highest BCUT2D eigenvalue weighted by molar-refractivity contribution is 5.75. The van der Waals surface area contributed by atoms with Crippen molar-refractivity contribution in [3.8, 4) is 11.9 Å². The van der Waals surface area contributed by atoms with Crippen molar-refractivity contribution >= 4 is 24.0 Å². The van der Waals surface area contributed by atoms with Gasteiger partial charge >= 0.3 is 6.01 Å². The zero-order valence-corrected chi connectivity index (χ0v) is 18.3. The van der Waals surface area contributed by atoms with E-state index < -0.39 is 0 Å². The van der Waals surface area contributed by atoms with Crippen LogP contribution in [0.4, 0.5) is 17.3 Å². The Morgan fingerprint density at radius 2 is 1.97 bits per heavy atom. The molecule has 2 rings (SSSR count). The molecule has 0 amide bonds. The Bertz CT molecular complexity index is 803. The normalized spacial score (nSPS) is 10.7. The van der Waals surface area contributed by atoms with Crippen molar-refractivity contribution in [3.05, 3.63) is 23.9 Å². The number of ether oxygens (including phenoxy) is 3. The molecule has 2 aromatic heterocycles. The van der Waals surface area contributed by atoms with Gasteiger partial charge in [0.15, 0.2) is 11.6 Å².